The zero-order valence-electron chi connectivity index (χ0n) is 7.60. The molecule has 0 aromatic carbocycles. The third-order valence-electron chi connectivity index (χ3n) is 1.41. The van der Waals surface area contributed by atoms with Gasteiger partial charge in [-0.25, -0.2) is 0 Å². The second-order valence-corrected chi connectivity index (χ2v) is 4.05. The molecule has 0 heterocycles. The molecule has 1 amide bonds. The van der Waals surface area contributed by atoms with Crippen molar-refractivity contribution in [2.24, 2.45) is 0 Å². The van der Waals surface area contributed by atoms with Crippen LogP contribution in [0.4, 0.5) is 0 Å². The van der Waals surface area contributed by atoms with E-state index >= 15 is 0 Å². The smallest absolute Gasteiger partial charge is 0.238 e. The summed E-state index contributed by atoms with van der Waals surface area (Å²) < 4.78 is 0. The van der Waals surface area contributed by atoms with E-state index in [0.29, 0.717) is 0 Å². The topological polar surface area (TPSA) is 29.1 Å². The molecule has 0 fully saturated rings. The summed E-state index contributed by atoms with van der Waals surface area (Å²) in [6, 6.07) is 0. The van der Waals surface area contributed by atoms with Gasteiger partial charge in [0.1, 0.15) is 5.38 Å². The highest BCUT2D eigenvalue weighted by molar-refractivity contribution is 7.98. The number of hydrogen-bond acceptors (Lipinski definition) is 2. The van der Waals surface area contributed by atoms with Crippen LogP contribution in [0.3, 0.4) is 0 Å². The molecule has 0 aromatic rings. The molecule has 0 rings (SSSR count). The molecule has 0 spiro atoms. The van der Waals surface area contributed by atoms with Gasteiger partial charge in [-0.15, -0.1) is 11.6 Å². The molecule has 1 atom stereocenters. The molecular formula is C8H16ClNOS. The average Bonchev–Trinajstić information content (AvgIpc) is 2.10. The summed E-state index contributed by atoms with van der Waals surface area (Å²) in [5, 5.41) is 2.40. The minimum absolute atomic E-state index is 0.0347. The van der Waals surface area contributed by atoms with Crippen molar-refractivity contribution in [1.29, 1.82) is 0 Å². The van der Waals surface area contributed by atoms with Crippen LogP contribution >= 0.6 is 23.4 Å². The fourth-order valence-electron chi connectivity index (χ4n) is 0.711. The number of carbonyl (C=O) groups is 1. The standard InChI is InChI=1S/C8H16ClNOS/c1-3-5-10-8(11)7(9)4-6-12-2/h7H,3-6H2,1-2H3,(H,10,11). The molecule has 2 nitrogen and oxygen atoms in total. The highest BCUT2D eigenvalue weighted by Gasteiger charge is 2.12. The van der Waals surface area contributed by atoms with Crippen molar-refractivity contribution in [2.75, 3.05) is 18.6 Å². The number of carbonyl (C=O) groups excluding carboxylic acids is 1. The van der Waals surface area contributed by atoms with Crippen molar-refractivity contribution in [3.8, 4) is 0 Å². The quantitative estimate of drug-likeness (QED) is 0.677. The summed E-state index contributed by atoms with van der Waals surface area (Å²) >= 11 is 7.53. The third-order valence-corrected chi connectivity index (χ3v) is 2.47. The van der Waals surface area contributed by atoms with Crippen LogP contribution in [-0.4, -0.2) is 29.8 Å². The van der Waals surface area contributed by atoms with Crippen LogP contribution in [0.1, 0.15) is 19.8 Å². The molecule has 0 saturated carbocycles. The van der Waals surface area contributed by atoms with Crippen molar-refractivity contribution in [3.05, 3.63) is 0 Å². The summed E-state index contributed by atoms with van der Waals surface area (Å²) in [6.07, 6.45) is 3.71. The molecule has 0 aliphatic rings. The van der Waals surface area contributed by atoms with Crippen molar-refractivity contribution < 1.29 is 4.79 Å². The maximum absolute atomic E-state index is 11.2. The second-order valence-electron chi connectivity index (χ2n) is 2.54. The van der Waals surface area contributed by atoms with Crippen molar-refractivity contribution in [2.45, 2.75) is 25.1 Å². The second kappa shape index (κ2) is 7.74. The fourth-order valence-corrected chi connectivity index (χ4v) is 1.50. The molecule has 0 aliphatic heterocycles. The maximum atomic E-state index is 11.2. The van der Waals surface area contributed by atoms with Gasteiger partial charge in [0.25, 0.3) is 0 Å². The first-order valence-corrected chi connectivity index (χ1v) is 5.96. The van der Waals surface area contributed by atoms with E-state index in [1.54, 1.807) is 11.8 Å². The van der Waals surface area contributed by atoms with E-state index in [1.807, 2.05) is 13.2 Å². The van der Waals surface area contributed by atoms with Gasteiger partial charge in [0, 0.05) is 6.54 Å². The number of amides is 1. The van der Waals surface area contributed by atoms with Crippen LogP contribution in [0.2, 0.25) is 0 Å². The largest absolute Gasteiger partial charge is 0.355 e. The summed E-state index contributed by atoms with van der Waals surface area (Å²) in [5.41, 5.74) is 0. The van der Waals surface area contributed by atoms with E-state index < -0.39 is 0 Å². The lowest BCUT2D eigenvalue weighted by molar-refractivity contribution is -0.120. The Morgan fingerprint density at radius 2 is 2.33 bits per heavy atom. The van der Waals surface area contributed by atoms with E-state index in [9.17, 15) is 4.79 Å². The van der Waals surface area contributed by atoms with Crippen LogP contribution < -0.4 is 5.32 Å². The van der Waals surface area contributed by atoms with Crippen LogP contribution in [-0.2, 0) is 4.79 Å². The molecule has 0 aromatic heterocycles. The molecule has 12 heavy (non-hydrogen) atoms. The Labute approximate surface area is 83.4 Å². The number of halogens is 1. The van der Waals surface area contributed by atoms with Crippen LogP contribution in [0.25, 0.3) is 0 Å². The lowest BCUT2D eigenvalue weighted by Crippen LogP contribution is -2.32. The van der Waals surface area contributed by atoms with Gasteiger partial charge in [0.05, 0.1) is 0 Å². The van der Waals surface area contributed by atoms with Gasteiger partial charge < -0.3 is 5.32 Å². The first kappa shape index (κ1) is 12.1. The Bertz CT molecular complexity index is 132. The molecule has 1 unspecified atom stereocenters. The number of thioether (sulfide) groups is 1. The highest BCUT2D eigenvalue weighted by Crippen LogP contribution is 2.06. The molecule has 0 bridgehead atoms. The molecule has 0 aliphatic carbocycles. The number of nitrogens with one attached hydrogen (secondary N) is 1. The van der Waals surface area contributed by atoms with Crippen LogP contribution in [0.5, 0.6) is 0 Å². The van der Waals surface area contributed by atoms with Crippen LogP contribution in [0.15, 0.2) is 0 Å². The Morgan fingerprint density at radius 3 is 2.83 bits per heavy atom. The average molecular weight is 210 g/mol. The van der Waals surface area contributed by atoms with Gasteiger partial charge in [-0.3, -0.25) is 4.79 Å². The normalized spacial score (nSPS) is 12.6. The maximum Gasteiger partial charge on any atom is 0.238 e. The number of rotatable bonds is 6. The molecule has 0 radical (unpaired) electrons. The first-order chi connectivity index (χ1) is 5.72. The summed E-state index contributed by atoms with van der Waals surface area (Å²) in [5.74, 6) is 0.904. The van der Waals surface area contributed by atoms with E-state index in [-0.39, 0.29) is 11.3 Å². The van der Waals surface area contributed by atoms with Gasteiger partial charge in [-0.05, 0) is 24.9 Å². The monoisotopic (exact) mass is 209 g/mol. The van der Waals surface area contributed by atoms with Gasteiger partial charge in [0.2, 0.25) is 5.91 Å². The summed E-state index contributed by atoms with van der Waals surface area (Å²) in [6.45, 7) is 2.74. The van der Waals surface area contributed by atoms with Gasteiger partial charge in [-0.1, -0.05) is 6.92 Å². The Balaban J connectivity index is 3.47. The van der Waals surface area contributed by atoms with Crippen LogP contribution in [0, 0.1) is 0 Å². The molecule has 0 saturated heterocycles. The van der Waals surface area contributed by atoms with Crippen molar-refractivity contribution in [3.63, 3.8) is 0 Å². The van der Waals surface area contributed by atoms with E-state index in [2.05, 4.69) is 5.32 Å². The Morgan fingerprint density at radius 1 is 1.67 bits per heavy atom. The van der Waals surface area contributed by atoms with Crippen molar-refractivity contribution >= 4 is 29.3 Å². The van der Waals surface area contributed by atoms with E-state index in [4.69, 9.17) is 11.6 Å². The van der Waals surface area contributed by atoms with E-state index in [0.717, 1.165) is 25.1 Å². The number of hydrogen-bond donors (Lipinski definition) is 1. The SMILES string of the molecule is CCCNC(=O)C(Cl)CCSC. The molecule has 72 valence electrons. The minimum Gasteiger partial charge on any atom is -0.355 e. The minimum atomic E-state index is -0.357. The van der Waals surface area contributed by atoms with Gasteiger partial charge in [0.15, 0.2) is 0 Å². The molecule has 4 heteroatoms. The fraction of sp³-hybridized carbons (Fsp3) is 0.875. The lowest BCUT2D eigenvalue weighted by Gasteiger charge is -2.08. The predicted octanol–water partition coefficient (Wildman–Crippen LogP) is 1.87. The highest BCUT2D eigenvalue weighted by atomic mass is 35.5. The Kier molecular flexibility index (Phi) is 7.81. The lowest BCUT2D eigenvalue weighted by atomic mass is 10.3. The Hall–Kier alpha value is 0.110. The predicted molar refractivity (Wildman–Crippen MR) is 55.9 cm³/mol. The third kappa shape index (κ3) is 5.72. The first-order valence-electron chi connectivity index (χ1n) is 4.13. The number of alkyl halides is 1. The van der Waals surface area contributed by atoms with E-state index in [1.165, 1.54) is 0 Å². The van der Waals surface area contributed by atoms with Gasteiger partial charge in [-0.2, -0.15) is 11.8 Å². The molecular weight excluding hydrogens is 194 g/mol. The zero-order valence-corrected chi connectivity index (χ0v) is 9.17. The summed E-state index contributed by atoms with van der Waals surface area (Å²) in [4.78, 5) is 11.2. The molecule has 1 N–H and O–H groups in total. The van der Waals surface area contributed by atoms with Crippen molar-refractivity contribution in [1.82, 2.24) is 5.32 Å². The zero-order chi connectivity index (χ0) is 9.40. The summed E-state index contributed by atoms with van der Waals surface area (Å²) in [7, 11) is 0. The van der Waals surface area contributed by atoms with Gasteiger partial charge >= 0.3 is 0 Å².